The zero-order valence-electron chi connectivity index (χ0n) is 13.6. The summed E-state index contributed by atoms with van der Waals surface area (Å²) in [4.78, 5) is 0. The highest BCUT2D eigenvalue weighted by atomic mass is 15.4. The van der Waals surface area contributed by atoms with E-state index in [0.717, 1.165) is 31.6 Å². The van der Waals surface area contributed by atoms with Gasteiger partial charge in [0.2, 0.25) is 0 Å². The van der Waals surface area contributed by atoms with Crippen molar-refractivity contribution in [2.24, 2.45) is 0 Å². The zero-order chi connectivity index (χ0) is 15.2. The van der Waals surface area contributed by atoms with Gasteiger partial charge in [0.25, 0.3) is 0 Å². The van der Waals surface area contributed by atoms with Crippen LogP contribution in [0.2, 0.25) is 0 Å². The lowest BCUT2D eigenvalue weighted by Gasteiger charge is -2.22. The quantitative estimate of drug-likeness (QED) is 0.848. The molecule has 1 atom stereocenters. The second kappa shape index (κ2) is 7.36. The van der Waals surface area contributed by atoms with Gasteiger partial charge in [-0.1, -0.05) is 42.8 Å². The van der Waals surface area contributed by atoms with Crippen LogP contribution < -0.4 is 5.32 Å². The zero-order valence-corrected chi connectivity index (χ0v) is 13.6. The Labute approximate surface area is 127 Å². The van der Waals surface area contributed by atoms with Crippen molar-refractivity contribution in [2.45, 2.75) is 53.1 Å². The van der Waals surface area contributed by atoms with Crippen molar-refractivity contribution in [1.29, 1.82) is 0 Å². The molecule has 0 fully saturated rings. The second-order valence-electron chi connectivity index (χ2n) is 5.63. The molecule has 1 heterocycles. The Morgan fingerprint density at radius 3 is 2.71 bits per heavy atom. The van der Waals surface area contributed by atoms with Crippen molar-refractivity contribution >= 4 is 0 Å². The van der Waals surface area contributed by atoms with Gasteiger partial charge in [0.1, 0.15) is 0 Å². The van der Waals surface area contributed by atoms with Gasteiger partial charge in [0, 0.05) is 6.54 Å². The van der Waals surface area contributed by atoms with Gasteiger partial charge in [0.15, 0.2) is 0 Å². The van der Waals surface area contributed by atoms with E-state index in [0.29, 0.717) is 0 Å². The van der Waals surface area contributed by atoms with E-state index in [4.69, 9.17) is 0 Å². The van der Waals surface area contributed by atoms with E-state index in [9.17, 15) is 0 Å². The Bertz CT molecular complexity index is 574. The normalized spacial score (nSPS) is 12.6. The first-order chi connectivity index (χ1) is 10.2. The van der Waals surface area contributed by atoms with E-state index in [2.05, 4.69) is 61.5 Å². The van der Waals surface area contributed by atoms with Crippen LogP contribution >= 0.6 is 0 Å². The van der Waals surface area contributed by atoms with Crippen molar-refractivity contribution in [1.82, 2.24) is 20.3 Å². The van der Waals surface area contributed by atoms with Gasteiger partial charge in [-0.15, -0.1) is 5.10 Å². The van der Waals surface area contributed by atoms with Crippen molar-refractivity contribution in [2.75, 3.05) is 6.54 Å². The molecule has 0 spiro atoms. The lowest BCUT2D eigenvalue weighted by molar-refractivity contribution is 0.503. The van der Waals surface area contributed by atoms with Crippen LogP contribution in [0.1, 0.15) is 55.1 Å². The summed E-state index contributed by atoms with van der Waals surface area (Å²) in [6.07, 6.45) is 4.06. The molecule has 0 saturated heterocycles. The number of hydrogen-bond acceptors (Lipinski definition) is 3. The monoisotopic (exact) mass is 286 g/mol. The summed E-state index contributed by atoms with van der Waals surface area (Å²) in [6.45, 7) is 10.6. The number of hydrogen-bond donors (Lipinski definition) is 1. The highest BCUT2D eigenvalue weighted by molar-refractivity contribution is 5.36. The van der Waals surface area contributed by atoms with Crippen molar-refractivity contribution < 1.29 is 0 Å². The third-order valence-corrected chi connectivity index (χ3v) is 3.72. The summed E-state index contributed by atoms with van der Waals surface area (Å²) in [7, 11) is 0. The van der Waals surface area contributed by atoms with E-state index >= 15 is 0 Å². The molecule has 0 bridgehead atoms. The fraction of sp³-hybridized carbons (Fsp3) is 0.529. The van der Waals surface area contributed by atoms with Gasteiger partial charge in [-0.2, -0.15) is 0 Å². The third-order valence-electron chi connectivity index (χ3n) is 3.72. The summed E-state index contributed by atoms with van der Waals surface area (Å²) in [5.74, 6) is 0. The Balaban J connectivity index is 2.42. The van der Waals surface area contributed by atoms with Crippen LogP contribution in [0.25, 0.3) is 0 Å². The second-order valence-corrected chi connectivity index (χ2v) is 5.63. The maximum atomic E-state index is 4.24. The number of benzene rings is 1. The molecule has 21 heavy (non-hydrogen) atoms. The third kappa shape index (κ3) is 3.70. The molecule has 4 nitrogen and oxygen atoms in total. The highest BCUT2D eigenvalue weighted by Gasteiger charge is 2.20. The summed E-state index contributed by atoms with van der Waals surface area (Å²) in [6, 6.07) is 6.79. The number of nitrogens with one attached hydrogen (secondary N) is 1. The van der Waals surface area contributed by atoms with E-state index < -0.39 is 0 Å². The molecule has 0 aliphatic rings. The minimum Gasteiger partial charge on any atom is -0.305 e. The van der Waals surface area contributed by atoms with E-state index in [1.54, 1.807) is 0 Å². The number of aryl methyl sites for hydroxylation is 3. The molecule has 114 valence electrons. The van der Waals surface area contributed by atoms with Gasteiger partial charge < -0.3 is 5.32 Å². The molecule has 1 aromatic heterocycles. The Hall–Kier alpha value is -1.68. The summed E-state index contributed by atoms with van der Waals surface area (Å²) < 4.78 is 2.02. The van der Waals surface area contributed by atoms with Crippen LogP contribution in [0.15, 0.2) is 24.4 Å². The van der Waals surface area contributed by atoms with Crippen LogP contribution in [0, 0.1) is 13.8 Å². The van der Waals surface area contributed by atoms with Crippen LogP contribution in [0.3, 0.4) is 0 Å². The first kappa shape index (κ1) is 15.7. The van der Waals surface area contributed by atoms with E-state index in [-0.39, 0.29) is 6.04 Å². The summed E-state index contributed by atoms with van der Waals surface area (Å²) in [5, 5.41) is 12.0. The molecule has 0 aliphatic carbocycles. The van der Waals surface area contributed by atoms with Gasteiger partial charge in [-0.25, -0.2) is 4.68 Å². The SMILES string of the molecule is CCCNC(c1cc(C)ccc1C)c1cnnn1CCC. The molecule has 1 aromatic carbocycles. The van der Waals surface area contributed by atoms with Crippen LogP contribution in [-0.4, -0.2) is 21.5 Å². The van der Waals surface area contributed by atoms with Crippen LogP contribution in [0.4, 0.5) is 0 Å². The molecule has 1 unspecified atom stereocenters. The molecule has 0 aliphatic heterocycles. The Morgan fingerprint density at radius 2 is 2.00 bits per heavy atom. The van der Waals surface area contributed by atoms with Crippen LogP contribution in [0.5, 0.6) is 0 Å². The number of aromatic nitrogens is 3. The van der Waals surface area contributed by atoms with E-state index in [1.807, 2.05) is 10.9 Å². The summed E-state index contributed by atoms with van der Waals surface area (Å²) in [5.41, 5.74) is 5.06. The van der Waals surface area contributed by atoms with Crippen molar-refractivity contribution in [3.8, 4) is 0 Å². The molecular formula is C17H26N4. The maximum Gasteiger partial charge on any atom is 0.0802 e. The fourth-order valence-electron chi connectivity index (χ4n) is 2.61. The lowest BCUT2D eigenvalue weighted by atomic mass is 9.96. The van der Waals surface area contributed by atoms with Crippen LogP contribution in [-0.2, 0) is 6.54 Å². The predicted molar refractivity (Wildman–Crippen MR) is 86.4 cm³/mol. The van der Waals surface area contributed by atoms with Gasteiger partial charge in [0.05, 0.1) is 17.9 Å². The topological polar surface area (TPSA) is 42.7 Å². The molecular weight excluding hydrogens is 260 g/mol. The molecule has 2 rings (SSSR count). The molecule has 1 N–H and O–H groups in total. The average Bonchev–Trinajstić information content (AvgIpc) is 2.92. The largest absolute Gasteiger partial charge is 0.305 e. The molecule has 4 heteroatoms. The van der Waals surface area contributed by atoms with E-state index in [1.165, 1.54) is 16.7 Å². The summed E-state index contributed by atoms with van der Waals surface area (Å²) >= 11 is 0. The van der Waals surface area contributed by atoms with Gasteiger partial charge in [-0.05, 0) is 44.4 Å². The first-order valence-electron chi connectivity index (χ1n) is 7.86. The fourth-order valence-corrected chi connectivity index (χ4v) is 2.61. The van der Waals surface area contributed by atoms with Crippen molar-refractivity contribution in [3.05, 3.63) is 46.8 Å². The molecule has 2 aromatic rings. The Morgan fingerprint density at radius 1 is 1.19 bits per heavy atom. The standard InChI is InChI=1S/C17H26N4/c1-5-9-18-17(15-11-13(3)7-8-14(15)4)16-12-19-20-21(16)10-6-2/h7-8,11-12,17-18H,5-6,9-10H2,1-4H3. The Kier molecular flexibility index (Phi) is 5.51. The van der Waals surface area contributed by atoms with Gasteiger partial charge >= 0.3 is 0 Å². The lowest BCUT2D eigenvalue weighted by Crippen LogP contribution is -2.26. The average molecular weight is 286 g/mol. The molecule has 0 saturated carbocycles. The minimum absolute atomic E-state index is 0.159. The molecule has 0 amide bonds. The van der Waals surface area contributed by atoms with Crippen molar-refractivity contribution in [3.63, 3.8) is 0 Å². The number of rotatable bonds is 7. The maximum absolute atomic E-state index is 4.24. The predicted octanol–water partition coefficient (Wildman–Crippen LogP) is 3.39. The number of nitrogens with zero attached hydrogens (tertiary/aromatic N) is 3. The highest BCUT2D eigenvalue weighted by Crippen LogP contribution is 2.25. The molecule has 0 radical (unpaired) electrons. The smallest absolute Gasteiger partial charge is 0.0802 e. The first-order valence-corrected chi connectivity index (χ1v) is 7.86. The minimum atomic E-state index is 0.159. The van der Waals surface area contributed by atoms with Gasteiger partial charge in [-0.3, -0.25) is 0 Å².